The highest BCUT2D eigenvalue weighted by Gasteiger charge is 2.54. The minimum atomic E-state index is -1.44. The molecule has 1 aliphatic carbocycles. The number of benzene rings is 2. The standard InChI is InChI=1S/C25H26N2O5/c1-18-16-25(23(29)31-2,24(30)32-3)17-19(18)14-15-22(28)26-27(20-10-6-4-7-11-20)21-12-8-5-9-13-21/h4-15,19H,1,16-17H2,2-3H3,(H,26,28)/b15-14+. The number of carbonyl (C=O) groups is 3. The maximum atomic E-state index is 12.8. The van der Waals surface area contributed by atoms with Crippen molar-refractivity contribution in [2.75, 3.05) is 19.2 Å². The molecular weight excluding hydrogens is 408 g/mol. The van der Waals surface area contributed by atoms with Crippen molar-refractivity contribution in [1.29, 1.82) is 0 Å². The molecule has 7 heteroatoms. The molecule has 2 aromatic carbocycles. The first kappa shape index (κ1) is 22.8. The number of hydrazine groups is 1. The lowest BCUT2D eigenvalue weighted by atomic mass is 9.85. The van der Waals surface area contributed by atoms with Crippen LogP contribution in [0.1, 0.15) is 12.8 Å². The number of ether oxygens (including phenoxy) is 2. The minimum absolute atomic E-state index is 0.114. The van der Waals surface area contributed by atoms with Gasteiger partial charge in [0, 0.05) is 6.08 Å². The zero-order valence-electron chi connectivity index (χ0n) is 18.1. The maximum absolute atomic E-state index is 12.8. The summed E-state index contributed by atoms with van der Waals surface area (Å²) in [6.07, 6.45) is 3.29. The Balaban J connectivity index is 1.77. The number of nitrogens with one attached hydrogen (secondary N) is 1. The number of allylic oxidation sites excluding steroid dienone is 2. The van der Waals surface area contributed by atoms with Crippen molar-refractivity contribution in [3.8, 4) is 0 Å². The molecule has 0 aromatic heterocycles. The van der Waals surface area contributed by atoms with Gasteiger partial charge in [-0.1, -0.05) is 54.6 Å². The van der Waals surface area contributed by atoms with Gasteiger partial charge in [0.05, 0.1) is 25.6 Å². The average molecular weight is 434 g/mol. The number of anilines is 2. The van der Waals surface area contributed by atoms with Crippen LogP contribution in [0.2, 0.25) is 0 Å². The molecule has 1 N–H and O–H groups in total. The van der Waals surface area contributed by atoms with Crippen LogP contribution in [-0.4, -0.2) is 32.1 Å². The highest BCUT2D eigenvalue weighted by Crippen LogP contribution is 2.47. The van der Waals surface area contributed by atoms with Crippen molar-refractivity contribution >= 4 is 29.2 Å². The van der Waals surface area contributed by atoms with Crippen LogP contribution in [0.4, 0.5) is 11.4 Å². The number of nitrogens with zero attached hydrogens (tertiary/aromatic N) is 1. The topological polar surface area (TPSA) is 84.9 Å². The molecule has 1 saturated carbocycles. The van der Waals surface area contributed by atoms with Crippen LogP contribution < -0.4 is 10.4 Å². The van der Waals surface area contributed by atoms with Crippen LogP contribution >= 0.6 is 0 Å². The Bertz CT molecular complexity index is 962. The van der Waals surface area contributed by atoms with Gasteiger partial charge in [-0.05, 0) is 43.0 Å². The summed E-state index contributed by atoms with van der Waals surface area (Å²) in [6.45, 7) is 3.99. The first-order valence-electron chi connectivity index (χ1n) is 10.1. The predicted molar refractivity (Wildman–Crippen MR) is 121 cm³/mol. The number of hydrogen-bond donors (Lipinski definition) is 1. The van der Waals surface area contributed by atoms with Crippen LogP contribution in [-0.2, 0) is 23.9 Å². The number of carbonyl (C=O) groups excluding carboxylic acids is 3. The second kappa shape index (κ2) is 9.96. The lowest BCUT2D eigenvalue weighted by Crippen LogP contribution is -2.39. The molecule has 1 amide bonds. The summed E-state index contributed by atoms with van der Waals surface area (Å²) in [7, 11) is 2.46. The molecule has 0 aliphatic heterocycles. The monoisotopic (exact) mass is 434 g/mol. The van der Waals surface area contributed by atoms with Gasteiger partial charge in [0.25, 0.3) is 5.91 Å². The van der Waals surface area contributed by atoms with Crippen LogP contribution in [0.25, 0.3) is 0 Å². The molecule has 0 radical (unpaired) electrons. The molecule has 1 aliphatic rings. The molecular formula is C25H26N2O5. The summed E-state index contributed by atoms with van der Waals surface area (Å²) < 4.78 is 9.68. The summed E-state index contributed by atoms with van der Waals surface area (Å²) in [4.78, 5) is 37.5. The first-order chi connectivity index (χ1) is 15.4. The van der Waals surface area contributed by atoms with E-state index in [-0.39, 0.29) is 24.7 Å². The third-order valence-electron chi connectivity index (χ3n) is 5.50. The summed E-state index contributed by atoms with van der Waals surface area (Å²) in [6, 6.07) is 18.9. The van der Waals surface area contributed by atoms with Crippen molar-refractivity contribution in [2.24, 2.45) is 11.3 Å². The van der Waals surface area contributed by atoms with Gasteiger partial charge < -0.3 is 9.47 Å². The van der Waals surface area contributed by atoms with E-state index in [4.69, 9.17) is 9.47 Å². The number of amides is 1. The number of hydrogen-bond acceptors (Lipinski definition) is 6. The zero-order chi connectivity index (χ0) is 23.1. The Morgan fingerprint density at radius 3 is 1.94 bits per heavy atom. The van der Waals surface area contributed by atoms with Crippen molar-refractivity contribution < 1.29 is 23.9 Å². The second-order valence-corrected chi connectivity index (χ2v) is 7.55. The van der Waals surface area contributed by atoms with E-state index >= 15 is 0 Å². The van der Waals surface area contributed by atoms with E-state index < -0.39 is 17.4 Å². The van der Waals surface area contributed by atoms with Gasteiger partial charge in [0.15, 0.2) is 5.41 Å². The van der Waals surface area contributed by atoms with Crippen LogP contribution in [0.5, 0.6) is 0 Å². The normalized spacial score (nSPS) is 17.1. The molecule has 7 nitrogen and oxygen atoms in total. The van der Waals surface area contributed by atoms with Gasteiger partial charge in [0.2, 0.25) is 0 Å². The van der Waals surface area contributed by atoms with Gasteiger partial charge in [-0.3, -0.25) is 24.8 Å². The molecule has 32 heavy (non-hydrogen) atoms. The molecule has 0 bridgehead atoms. The summed E-state index contributed by atoms with van der Waals surface area (Å²) in [5.74, 6) is -2.03. The van der Waals surface area contributed by atoms with Crippen molar-refractivity contribution in [3.05, 3.63) is 85.0 Å². The number of esters is 2. The molecule has 0 saturated heterocycles. The number of para-hydroxylation sites is 2. The quantitative estimate of drug-likeness (QED) is 0.235. The third-order valence-corrected chi connectivity index (χ3v) is 5.50. The fourth-order valence-corrected chi connectivity index (χ4v) is 3.88. The summed E-state index contributed by atoms with van der Waals surface area (Å²) >= 11 is 0. The van der Waals surface area contributed by atoms with Gasteiger partial charge in [-0.25, -0.2) is 0 Å². The Morgan fingerprint density at radius 2 is 1.47 bits per heavy atom. The Labute approximate surface area is 187 Å². The summed E-state index contributed by atoms with van der Waals surface area (Å²) in [5.41, 5.74) is 3.68. The fourth-order valence-electron chi connectivity index (χ4n) is 3.88. The summed E-state index contributed by atoms with van der Waals surface area (Å²) in [5, 5.41) is 1.68. The van der Waals surface area contributed by atoms with E-state index in [1.165, 1.54) is 20.3 Å². The third kappa shape index (κ3) is 4.72. The lowest BCUT2D eigenvalue weighted by molar-refractivity contribution is -0.168. The van der Waals surface area contributed by atoms with E-state index in [9.17, 15) is 14.4 Å². The van der Waals surface area contributed by atoms with Gasteiger partial charge in [0.1, 0.15) is 0 Å². The molecule has 1 unspecified atom stereocenters. The second-order valence-electron chi connectivity index (χ2n) is 7.55. The molecule has 3 rings (SSSR count). The van der Waals surface area contributed by atoms with Gasteiger partial charge in [-0.2, -0.15) is 0 Å². The van der Waals surface area contributed by atoms with Crippen molar-refractivity contribution in [1.82, 2.24) is 5.43 Å². The molecule has 2 aromatic rings. The highest BCUT2D eigenvalue weighted by molar-refractivity contribution is 6.01. The zero-order valence-corrected chi connectivity index (χ0v) is 18.1. The van der Waals surface area contributed by atoms with Crippen molar-refractivity contribution in [3.63, 3.8) is 0 Å². The molecule has 1 atom stereocenters. The SMILES string of the molecule is C=C1CC(C(=O)OC)(C(=O)OC)CC1/C=C/C(=O)NN(c1ccccc1)c1ccccc1. The van der Waals surface area contributed by atoms with E-state index in [0.29, 0.717) is 5.57 Å². The van der Waals surface area contributed by atoms with Crippen LogP contribution in [0.3, 0.4) is 0 Å². The Morgan fingerprint density at radius 1 is 0.969 bits per heavy atom. The van der Waals surface area contributed by atoms with E-state index in [2.05, 4.69) is 12.0 Å². The number of methoxy groups -OCH3 is 2. The van der Waals surface area contributed by atoms with Crippen LogP contribution in [0.15, 0.2) is 85.0 Å². The molecule has 166 valence electrons. The van der Waals surface area contributed by atoms with E-state index in [1.807, 2.05) is 60.7 Å². The number of rotatable bonds is 7. The van der Waals surface area contributed by atoms with Gasteiger partial charge in [-0.15, -0.1) is 0 Å². The first-order valence-corrected chi connectivity index (χ1v) is 10.1. The van der Waals surface area contributed by atoms with E-state index in [1.54, 1.807) is 11.1 Å². The highest BCUT2D eigenvalue weighted by atomic mass is 16.5. The smallest absolute Gasteiger partial charge is 0.323 e. The predicted octanol–water partition coefficient (Wildman–Crippen LogP) is 3.71. The molecule has 1 fully saturated rings. The minimum Gasteiger partial charge on any atom is -0.468 e. The fraction of sp³-hybridized carbons (Fsp3) is 0.240. The van der Waals surface area contributed by atoms with Gasteiger partial charge >= 0.3 is 11.9 Å². The largest absolute Gasteiger partial charge is 0.468 e. The maximum Gasteiger partial charge on any atom is 0.323 e. The van der Waals surface area contributed by atoms with E-state index in [0.717, 1.165) is 11.4 Å². The Kier molecular flexibility index (Phi) is 7.10. The Hall–Kier alpha value is -3.87. The molecule has 0 heterocycles. The lowest BCUT2D eigenvalue weighted by Gasteiger charge is -2.25. The molecule has 0 spiro atoms. The van der Waals surface area contributed by atoms with Crippen molar-refractivity contribution in [2.45, 2.75) is 12.8 Å². The van der Waals surface area contributed by atoms with Crippen LogP contribution in [0, 0.1) is 11.3 Å². The average Bonchev–Trinajstić information content (AvgIpc) is 3.18.